The topological polar surface area (TPSA) is 105 Å². The second-order valence-electron chi connectivity index (χ2n) is 8.94. The van der Waals surface area contributed by atoms with E-state index in [4.69, 9.17) is 4.74 Å². The molecular formula is C26H30N2O5. The highest BCUT2D eigenvalue weighted by atomic mass is 16.5. The van der Waals surface area contributed by atoms with Crippen molar-refractivity contribution in [3.8, 4) is 11.1 Å². The summed E-state index contributed by atoms with van der Waals surface area (Å²) >= 11 is 0. The summed E-state index contributed by atoms with van der Waals surface area (Å²) in [4.78, 5) is 36.8. The van der Waals surface area contributed by atoms with Gasteiger partial charge in [0.25, 0.3) is 0 Å². The highest BCUT2D eigenvalue weighted by Gasteiger charge is 2.42. The molecule has 2 aliphatic carbocycles. The average Bonchev–Trinajstić information content (AvgIpc) is 3.43. The molecule has 0 heterocycles. The third kappa shape index (κ3) is 4.58. The van der Waals surface area contributed by atoms with Crippen LogP contribution in [-0.2, 0) is 14.3 Å². The van der Waals surface area contributed by atoms with Crippen molar-refractivity contribution in [3.63, 3.8) is 0 Å². The number of carboxylic acids is 1. The van der Waals surface area contributed by atoms with Gasteiger partial charge >= 0.3 is 12.1 Å². The smallest absolute Gasteiger partial charge is 0.407 e. The van der Waals surface area contributed by atoms with Crippen molar-refractivity contribution in [1.82, 2.24) is 10.6 Å². The normalized spacial score (nSPS) is 17.0. The molecule has 3 N–H and O–H groups in total. The predicted molar refractivity (Wildman–Crippen MR) is 124 cm³/mol. The van der Waals surface area contributed by atoms with Gasteiger partial charge in [-0.15, -0.1) is 0 Å². The molecular weight excluding hydrogens is 420 g/mol. The highest BCUT2D eigenvalue weighted by molar-refractivity contribution is 5.88. The molecule has 7 heteroatoms. The Morgan fingerprint density at radius 1 is 1.03 bits per heavy atom. The van der Waals surface area contributed by atoms with Crippen molar-refractivity contribution in [2.24, 2.45) is 5.41 Å². The fourth-order valence-electron chi connectivity index (χ4n) is 5.08. The third-order valence-electron chi connectivity index (χ3n) is 6.97. The Morgan fingerprint density at radius 2 is 1.61 bits per heavy atom. The molecule has 4 rings (SSSR count). The first-order chi connectivity index (χ1) is 15.9. The van der Waals surface area contributed by atoms with Crippen molar-refractivity contribution >= 4 is 18.0 Å². The number of benzene rings is 2. The molecule has 174 valence electrons. The molecule has 33 heavy (non-hydrogen) atoms. The summed E-state index contributed by atoms with van der Waals surface area (Å²) in [5, 5.41) is 14.7. The SMILES string of the molecule is CC[C@H](NC(=O)C1(CNC(=O)OCC2c3ccccc3-c3ccccc32)CCCC1)C(=O)O. The number of hydrogen-bond acceptors (Lipinski definition) is 4. The number of alkyl carbamates (subject to hydrolysis) is 1. The summed E-state index contributed by atoms with van der Waals surface area (Å²) in [6.07, 6.45) is 2.68. The minimum Gasteiger partial charge on any atom is -0.480 e. The van der Waals surface area contributed by atoms with E-state index in [-0.39, 0.29) is 25.0 Å². The van der Waals surface area contributed by atoms with Crippen molar-refractivity contribution < 1.29 is 24.2 Å². The minimum absolute atomic E-state index is 0.0345. The molecule has 2 aromatic carbocycles. The van der Waals surface area contributed by atoms with Crippen LogP contribution in [0.5, 0.6) is 0 Å². The van der Waals surface area contributed by atoms with Crippen molar-refractivity contribution in [1.29, 1.82) is 0 Å². The van der Waals surface area contributed by atoms with Crippen LogP contribution in [0.4, 0.5) is 4.79 Å². The number of aliphatic carboxylic acids is 1. The zero-order valence-corrected chi connectivity index (χ0v) is 18.8. The molecule has 1 atom stereocenters. The van der Waals surface area contributed by atoms with Gasteiger partial charge in [0.05, 0.1) is 5.41 Å². The summed E-state index contributed by atoms with van der Waals surface area (Å²) in [7, 11) is 0. The Hall–Kier alpha value is -3.35. The first-order valence-corrected chi connectivity index (χ1v) is 11.6. The van der Waals surface area contributed by atoms with E-state index in [2.05, 4.69) is 34.9 Å². The first-order valence-electron chi connectivity index (χ1n) is 11.6. The van der Waals surface area contributed by atoms with Gasteiger partial charge in [-0.3, -0.25) is 4.79 Å². The molecule has 2 aliphatic rings. The summed E-state index contributed by atoms with van der Waals surface area (Å²) in [6.45, 7) is 2.05. The maximum atomic E-state index is 12.9. The van der Waals surface area contributed by atoms with Crippen LogP contribution in [0.15, 0.2) is 48.5 Å². The zero-order chi connectivity index (χ0) is 23.4. The van der Waals surface area contributed by atoms with E-state index in [0.717, 1.165) is 35.1 Å². The van der Waals surface area contributed by atoms with Gasteiger partial charge in [0.2, 0.25) is 5.91 Å². The van der Waals surface area contributed by atoms with E-state index in [1.54, 1.807) is 6.92 Å². The lowest BCUT2D eigenvalue weighted by Gasteiger charge is -2.29. The Bertz CT molecular complexity index is 999. The predicted octanol–water partition coefficient (Wildman–Crippen LogP) is 4.06. The quantitative estimate of drug-likeness (QED) is 0.562. The van der Waals surface area contributed by atoms with Crippen LogP contribution in [0, 0.1) is 5.41 Å². The molecule has 0 aliphatic heterocycles. The summed E-state index contributed by atoms with van der Waals surface area (Å²) in [5.74, 6) is -1.40. The molecule has 0 bridgehead atoms. The van der Waals surface area contributed by atoms with E-state index in [9.17, 15) is 19.5 Å². The lowest BCUT2D eigenvalue weighted by Crippen LogP contribution is -2.51. The molecule has 2 aromatic rings. The number of carboxylic acid groups (broad SMARTS) is 1. The Kier molecular flexibility index (Phi) is 6.67. The number of hydrogen-bond donors (Lipinski definition) is 3. The maximum Gasteiger partial charge on any atom is 0.407 e. The minimum atomic E-state index is -1.05. The van der Waals surface area contributed by atoms with Crippen LogP contribution in [0.1, 0.15) is 56.1 Å². The fraction of sp³-hybridized carbons (Fsp3) is 0.423. The molecule has 1 saturated carbocycles. The Labute approximate surface area is 193 Å². The number of fused-ring (bicyclic) bond motifs is 3. The van der Waals surface area contributed by atoms with Crippen molar-refractivity contribution in [2.45, 2.75) is 51.0 Å². The third-order valence-corrected chi connectivity index (χ3v) is 6.97. The van der Waals surface area contributed by atoms with Gasteiger partial charge in [-0.2, -0.15) is 0 Å². The van der Waals surface area contributed by atoms with Gasteiger partial charge in [-0.1, -0.05) is 68.3 Å². The number of carbonyl (C=O) groups excluding carboxylic acids is 2. The molecule has 0 aromatic heterocycles. The summed E-state index contributed by atoms with van der Waals surface area (Å²) in [5.41, 5.74) is 3.80. The van der Waals surface area contributed by atoms with E-state index in [0.29, 0.717) is 19.3 Å². The highest BCUT2D eigenvalue weighted by Crippen LogP contribution is 2.44. The van der Waals surface area contributed by atoms with E-state index in [1.807, 2.05) is 24.3 Å². The Morgan fingerprint density at radius 3 is 2.15 bits per heavy atom. The maximum absolute atomic E-state index is 12.9. The van der Waals surface area contributed by atoms with Gasteiger partial charge in [-0.25, -0.2) is 9.59 Å². The second-order valence-corrected chi connectivity index (χ2v) is 8.94. The number of ether oxygens (including phenoxy) is 1. The van der Waals surface area contributed by atoms with Crippen LogP contribution in [-0.4, -0.2) is 42.3 Å². The van der Waals surface area contributed by atoms with Gasteiger partial charge in [0, 0.05) is 12.5 Å². The van der Waals surface area contributed by atoms with E-state index in [1.165, 1.54) is 0 Å². The second kappa shape index (κ2) is 9.65. The molecule has 0 unspecified atom stereocenters. The van der Waals surface area contributed by atoms with Gasteiger partial charge in [0.15, 0.2) is 0 Å². The van der Waals surface area contributed by atoms with Crippen LogP contribution in [0.3, 0.4) is 0 Å². The van der Waals surface area contributed by atoms with E-state index >= 15 is 0 Å². The van der Waals surface area contributed by atoms with E-state index < -0.39 is 23.5 Å². The molecule has 0 saturated heterocycles. The molecule has 7 nitrogen and oxygen atoms in total. The zero-order valence-electron chi connectivity index (χ0n) is 18.8. The molecule has 2 amide bonds. The standard InChI is InChI=1S/C26H30N2O5/c1-2-22(23(29)30)28-24(31)26(13-7-8-14-26)16-27-25(32)33-15-21-19-11-5-3-9-17(19)18-10-4-6-12-20(18)21/h3-6,9-12,21-22H,2,7-8,13-16H2,1H3,(H,27,32)(H,28,31)(H,29,30)/t22-/m0/s1. The van der Waals surface area contributed by atoms with Crippen molar-refractivity contribution in [3.05, 3.63) is 59.7 Å². The molecule has 0 radical (unpaired) electrons. The summed E-state index contributed by atoms with van der Waals surface area (Å²) < 4.78 is 5.59. The average molecular weight is 451 g/mol. The number of carbonyl (C=O) groups is 3. The molecule has 1 fully saturated rings. The van der Waals surface area contributed by atoms with Gasteiger partial charge in [-0.05, 0) is 41.5 Å². The molecule has 0 spiro atoms. The van der Waals surface area contributed by atoms with Gasteiger partial charge in [0.1, 0.15) is 12.6 Å². The lowest BCUT2D eigenvalue weighted by molar-refractivity contribution is -0.144. The number of amides is 2. The van der Waals surface area contributed by atoms with Crippen LogP contribution in [0.2, 0.25) is 0 Å². The van der Waals surface area contributed by atoms with Crippen LogP contribution >= 0.6 is 0 Å². The first kappa shape index (κ1) is 22.8. The monoisotopic (exact) mass is 450 g/mol. The number of nitrogens with one attached hydrogen (secondary N) is 2. The summed E-state index contributed by atoms with van der Waals surface area (Å²) in [6, 6.07) is 15.3. The van der Waals surface area contributed by atoms with Crippen LogP contribution in [0.25, 0.3) is 11.1 Å². The Balaban J connectivity index is 1.38. The van der Waals surface area contributed by atoms with Crippen LogP contribution < -0.4 is 10.6 Å². The largest absolute Gasteiger partial charge is 0.480 e. The van der Waals surface area contributed by atoms with Gasteiger partial charge < -0.3 is 20.5 Å². The van der Waals surface area contributed by atoms with Crippen molar-refractivity contribution in [2.75, 3.05) is 13.2 Å². The number of rotatable bonds is 8. The lowest BCUT2D eigenvalue weighted by atomic mass is 9.84. The fourth-order valence-corrected chi connectivity index (χ4v) is 5.08.